The molecule has 1 fully saturated rings. The number of aromatic amines is 1. The highest BCUT2D eigenvalue weighted by atomic mass is 16.4. The molecule has 0 aromatic carbocycles. The van der Waals surface area contributed by atoms with Crippen LogP contribution in [0.5, 0.6) is 0 Å². The molecule has 1 atom stereocenters. The second-order valence-corrected chi connectivity index (χ2v) is 5.13. The van der Waals surface area contributed by atoms with E-state index >= 15 is 0 Å². The number of carbonyl (C=O) groups excluding carboxylic acids is 1. The minimum absolute atomic E-state index is 0.0204. The molecule has 1 aromatic heterocycles. The molecule has 108 valence electrons. The summed E-state index contributed by atoms with van der Waals surface area (Å²) in [6.45, 7) is 0. The lowest BCUT2D eigenvalue weighted by Crippen LogP contribution is -2.46. The minimum Gasteiger partial charge on any atom is -0.480 e. The van der Waals surface area contributed by atoms with Gasteiger partial charge in [0.15, 0.2) is 0 Å². The first kappa shape index (κ1) is 14.3. The molecule has 0 saturated heterocycles. The third-order valence-electron chi connectivity index (χ3n) is 3.72. The van der Waals surface area contributed by atoms with Gasteiger partial charge >= 0.3 is 5.97 Å². The summed E-state index contributed by atoms with van der Waals surface area (Å²) in [5.41, 5.74) is -0.0460. The summed E-state index contributed by atoms with van der Waals surface area (Å²) >= 11 is 0. The number of aliphatic carboxylic acids is 1. The molecule has 6 heteroatoms. The Morgan fingerprint density at radius 2 is 1.95 bits per heavy atom. The second-order valence-electron chi connectivity index (χ2n) is 5.13. The summed E-state index contributed by atoms with van der Waals surface area (Å²) in [6.07, 6.45) is 6.06. The maximum Gasteiger partial charge on any atom is 0.326 e. The highest BCUT2D eigenvalue weighted by molar-refractivity contribution is 5.96. The fraction of sp³-hybridized carbons (Fsp3) is 0.500. The molecule has 0 spiro atoms. The van der Waals surface area contributed by atoms with Crippen LogP contribution in [0.15, 0.2) is 23.1 Å². The van der Waals surface area contributed by atoms with Gasteiger partial charge in [0.2, 0.25) is 5.56 Å². The predicted molar refractivity (Wildman–Crippen MR) is 72.5 cm³/mol. The first-order chi connectivity index (χ1) is 9.58. The Morgan fingerprint density at radius 3 is 2.50 bits per heavy atom. The van der Waals surface area contributed by atoms with Crippen molar-refractivity contribution in [3.8, 4) is 0 Å². The lowest BCUT2D eigenvalue weighted by molar-refractivity contribution is -0.141. The molecular formula is C14H18N2O4. The van der Waals surface area contributed by atoms with Crippen LogP contribution >= 0.6 is 0 Å². The Kier molecular flexibility index (Phi) is 4.55. The second kappa shape index (κ2) is 6.36. The van der Waals surface area contributed by atoms with Crippen LogP contribution in [0.4, 0.5) is 0 Å². The molecule has 1 unspecified atom stereocenters. The monoisotopic (exact) mass is 278 g/mol. The smallest absolute Gasteiger partial charge is 0.326 e. The summed E-state index contributed by atoms with van der Waals surface area (Å²) in [5, 5.41) is 11.9. The van der Waals surface area contributed by atoms with Crippen molar-refractivity contribution in [2.75, 3.05) is 0 Å². The third kappa shape index (κ3) is 3.46. The molecule has 20 heavy (non-hydrogen) atoms. The zero-order valence-electron chi connectivity index (χ0n) is 11.1. The molecule has 2 rings (SSSR count). The molecule has 6 nitrogen and oxygen atoms in total. The van der Waals surface area contributed by atoms with Crippen molar-refractivity contribution < 1.29 is 14.7 Å². The van der Waals surface area contributed by atoms with Crippen LogP contribution in [0.3, 0.4) is 0 Å². The Bertz CT molecular complexity index is 526. The molecule has 0 bridgehead atoms. The van der Waals surface area contributed by atoms with Gasteiger partial charge in [-0.1, -0.05) is 19.3 Å². The summed E-state index contributed by atoms with van der Waals surface area (Å²) in [6, 6.07) is 1.76. The quantitative estimate of drug-likeness (QED) is 0.769. The topological polar surface area (TPSA) is 99.3 Å². The Balaban J connectivity index is 2.07. The number of amides is 1. The fourth-order valence-electron chi connectivity index (χ4n) is 2.63. The van der Waals surface area contributed by atoms with Gasteiger partial charge in [0.25, 0.3) is 5.91 Å². The van der Waals surface area contributed by atoms with Crippen molar-refractivity contribution in [3.63, 3.8) is 0 Å². The van der Waals surface area contributed by atoms with Crippen LogP contribution in [0.2, 0.25) is 0 Å². The Hall–Kier alpha value is -2.11. The molecular weight excluding hydrogens is 260 g/mol. The van der Waals surface area contributed by atoms with E-state index < -0.39 is 17.9 Å². The van der Waals surface area contributed by atoms with Crippen LogP contribution in [-0.2, 0) is 4.79 Å². The van der Waals surface area contributed by atoms with Gasteiger partial charge in [-0.05, 0) is 24.8 Å². The molecule has 1 aliphatic carbocycles. The van der Waals surface area contributed by atoms with Gasteiger partial charge in [-0.3, -0.25) is 9.59 Å². The zero-order chi connectivity index (χ0) is 14.5. The van der Waals surface area contributed by atoms with E-state index in [1.165, 1.54) is 18.3 Å². The first-order valence-corrected chi connectivity index (χ1v) is 6.80. The number of carboxylic acid groups (broad SMARTS) is 1. The number of nitrogens with one attached hydrogen (secondary N) is 2. The van der Waals surface area contributed by atoms with E-state index in [0.29, 0.717) is 0 Å². The van der Waals surface area contributed by atoms with Crippen LogP contribution in [0.25, 0.3) is 0 Å². The number of hydrogen-bond acceptors (Lipinski definition) is 3. The summed E-state index contributed by atoms with van der Waals surface area (Å²) in [7, 11) is 0. The summed E-state index contributed by atoms with van der Waals surface area (Å²) in [4.78, 5) is 36.7. The number of hydrogen-bond donors (Lipinski definition) is 3. The SMILES string of the molecule is O=C(NC(C(=O)O)C1CCCCC1)c1ccc(=O)[nH]c1. The van der Waals surface area contributed by atoms with E-state index in [4.69, 9.17) is 0 Å². The first-order valence-electron chi connectivity index (χ1n) is 6.80. The maximum atomic E-state index is 12.0. The molecule has 1 amide bonds. The van der Waals surface area contributed by atoms with Crippen molar-refractivity contribution in [1.82, 2.24) is 10.3 Å². The molecule has 1 aliphatic rings. The average Bonchev–Trinajstić information content (AvgIpc) is 2.46. The molecule has 0 aliphatic heterocycles. The van der Waals surface area contributed by atoms with E-state index in [0.717, 1.165) is 32.1 Å². The van der Waals surface area contributed by atoms with Crippen molar-refractivity contribution >= 4 is 11.9 Å². The molecule has 1 heterocycles. The predicted octanol–water partition coefficient (Wildman–Crippen LogP) is 1.14. The number of pyridine rings is 1. The zero-order valence-corrected chi connectivity index (χ0v) is 11.1. The normalized spacial score (nSPS) is 17.4. The van der Waals surface area contributed by atoms with Gasteiger partial charge in [0.05, 0.1) is 5.56 Å². The standard InChI is InChI=1S/C14H18N2O4/c17-11-7-6-10(8-15-11)13(18)16-12(14(19)20)9-4-2-1-3-5-9/h6-9,12H,1-5H2,(H,15,17)(H,16,18)(H,19,20). The van der Waals surface area contributed by atoms with Crippen LogP contribution in [0, 0.1) is 5.92 Å². The highest BCUT2D eigenvalue weighted by Crippen LogP contribution is 2.26. The van der Waals surface area contributed by atoms with Crippen LogP contribution < -0.4 is 10.9 Å². The minimum atomic E-state index is -1.00. The Labute approximate surface area is 116 Å². The van der Waals surface area contributed by atoms with Crippen LogP contribution in [-0.4, -0.2) is 28.0 Å². The van der Waals surface area contributed by atoms with Crippen molar-refractivity contribution in [3.05, 3.63) is 34.2 Å². The summed E-state index contributed by atoms with van der Waals surface area (Å²) < 4.78 is 0. The number of carboxylic acids is 1. The van der Waals surface area contributed by atoms with Gasteiger partial charge in [-0.15, -0.1) is 0 Å². The number of carbonyl (C=O) groups is 2. The van der Waals surface area contributed by atoms with Gasteiger partial charge < -0.3 is 15.4 Å². The van der Waals surface area contributed by atoms with Crippen molar-refractivity contribution in [2.24, 2.45) is 5.92 Å². The largest absolute Gasteiger partial charge is 0.480 e. The number of aromatic nitrogens is 1. The van der Waals surface area contributed by atoms with Crippen LogP contribution in [0.1, 0.15) is 42.5 Å². The summed E-state index contributed by atoms with van der Waals surface area (Å²) in [5.74, 6) is -1.50. The lowest BCUT2D eigenvalue weighted by Gasteiger charge is -2.28. The molecule has 0 radical (unpaired) electrons. The number of H-pyrrole nitrogens is 1. The van der Waals surface area contributed by atoms with Gasteiger partial charge in [-0.25, -0.2) is 4.79 Å². The van der Waals surface area contributed by atoms with Crippen molar-refractivity contribution in [2.45, 2.75) is 38.1 Å². The van der Waals surface area contributed by atoms with E-state index in [1.807, 2.05) is 0 Å². The van der Waals surface area contributed by atoms with Gasteiger partial charge in [0, 0.05) is 12.3 Å². The van der Waals surface area contributed by atoms with E-state index in [2.05, 4.69) is 10.3 Å². The maximum absolute atomic E-state index is 12.0. The molecule has 3 N–H and O–H groups in total. The third-order valence-corrected chi connectivity index (χ3v) is 3.72. The van der Waals surface area contributed by atoms with E-state index in [-0.39, 0.29) is 17.0 Å². The van der Waals surface area contributed by atoms with Crippen molar-refractivity contribution in [1.29, 1.82) is 0 Å². The number of rotatable bonds is 4. The molecule has 1 saturated carbocycles. The van der Waals surface area contributed by atoms with Gasteiger partial charge in [0.1, 0.15) is 6.04 Å². The highest BCUT2D eigenvalue weighted by Gasteiger charge is 2.30. The average molecular weight is 278 g/mol. The molecule has 1 aromatic rings. The van der Waals surface area contributed by atoms with Gasteiger partial charge in [-0.2, -0.15) is 0 Å². The lowest BCUT2D eigenvalue weighted by atomic mass is 9.84. The van der Waals surface area contributed by atoms with E-state index in [1.54, 1.807) is 0 Å². The fourth-order valence-corrected chi connectivity index (χ4v) is 2.63. The van der Waals surface area contributed by atoms with E-state index in [9.17, 15) is 19.5 Å². The Morgan fingerprint density at radius 1 is 1.25 bits per heavy atom.